The largest absolute Gasteiger partial charge is 0.378 e. The minimum atomic E-state index is 0.0826. The predicted octanol–water partition coefficient (Wildman–Crippen LogP) is 0.248. The molecule has 1 amide bonds. The molecule has 2 saturated heterocycles. The number of anilines is 2. The maximum absolute atomic E-state index is 12.6. The molecule has 0 radical (unpaired) electrons. The van der Waals surface area contributed by atoms with Crippen molar-refractivity contribution >= 4 is 17.8 Å². The van der Waals surface area contributed by atoms with E-state index in [-0.39, 0.29) is 11.9 Å². The molecule has 9 heteroatoms. The monoisotopic (exact) mass is 383 g/mol. The Bertz CT molecular complexity index is 803. The quantitative estimate of drug-likeness (QED) is 0.802. The Balaban J connectivity index is 1.36. The Kier molecular flexibility index (Phi) is 5.63. The molecule has 0 atom stereocenters. The van der Waals surface area contributed by atoms with Gasteiger partial charge in [-0.1, -0.05) is 18.2 Å². The van der Waals surface area contributed by atoms with E-state index in [1.54, 1.807) is 0 Å². The van der Waals surface area contributed by atoms with Gasteiger partial charge in [0.25, 0.3) is 5.91 Å². The van der Waals surface area contributed by atoms with Crippen LogP contribution in [0.2, 0.25) is 0 Å². The molecule has 0 aliphatic carbocycles. The number of benzene rings is 1. The van der Waals surface area contributed by atoms with Gasteiger partial charge in [-0.15, -0.1) is 0 Å². The third-order valence-electron chi connectivity index (χ3n) is 5.03. The molecule has 2 N–H and O–H groups in total. The van der Waals surface area contributed by atoms with Gasteiger partial charge in [-0.05, 0) is 12.1 Å². The van der Waals surface area contributed by atoms with Crippen LogP contribution in [0.4, 0.5) is 11.9 Å². The SMILES string of the molecule is Nc1nc(CN2CCN(C(=O)c3ccccc3)CC2)nc(N2CCOCC2)n1. The van der Waals surface area contributed by atoms with Gasteiger partial charge in [0.05, 0.1) is 19.8 Å². The first-order chi connectivity index (χ1) is 13.7. The van der Waals surface area contributed by atoms with Gasteiger partial charge >= 0.3 is 0 Å². The third-order valence-corrected chi connectivity index (χ3v) is 5.03. The number of hydrogen-bond acceptors (Lipinski definition) is 8. The van der Waals surface area contributed by atoms with Crippen molar-refractivity contribution in [2.24, 2.45) is 0 Å². The highest BCUT2D eigenvalue weighted by atomic mass is 16.5. The second kappa shape index (κ2) is 8.49. The molecule has 28 heavy (non-hydrogen) atoms. The molecule has 2 aliphatic heterocycles. The van der Waals surface area contributed by atoms with Crippen LogP contribution in [0, 0.1) is 0 Å². The summed E-state index contributed by atoms with van der Waals surface area (Å²) in [5.74, 6) is 1.60. The van der Waals surface area contributed by atoms with Crippen LogP contribution in [0.25, 0.3) is 0 Å². The molecule has 0 unspecified atom stereocenters. The molecule has 3 heterocycles. The summed E-state index contributed by atoms with van der Waals surface area (Å²) in [6.45, 7) is 6.35. The van der Waals surface area contributed by atoms with Crippen molar-refractivity contribution in [3.05, 3.63) is 41.7 Å². The molecule has 4 rings (SSSR count). The van der Waals surface area contributed by atoms with E-state index in [0.29, 0.717) is 44.6 Å². The van der Waals surface area contributed by atoms with Crippen LogP contribution in [-0.2, 0) is 11.3 Å². The fraction of sp³-hybridized carbons (Fsp3) is 0.474. The number of amides is 1. The summed E-state index contributed by atoms with van der Waals surface area (Å²) < 4.78 is 5.38. The Morgan fingerprint density at radius 2 is 1.68 bits per heavy atom. The molecular formula is C19H25N7O2. The summed E-state index contributed by atoms with van der Waals surface area (Å²) in [5, 5.41) is 0. The number of rotatable bonds is 4. The number of aromatic nitrogens is 3. The molecule has 1 aromatic heterocycles. The van der Waals surface area contributed by atoms with Gasteiger partial charge in [-0.3, -0.25) is 9.69 Å². The normalized spacial score (nSPS) is 18.3. The minimum Gasteiger partial charge on any atom is -0.378 e. The highest BCUT2D eigenvalue weighted by molar-refractivity contribution is 5.94. The van der Waals surface area contributed by atoms with Crippen molar-refractivity contribution in [1.82, 2.24) is 24.8 Å². The van der Waals surface area contributed by atoms with E-state index in [0.717, 1.165) is 31.7 Å². The smallest absolute Gasteiger partial charge is 0.253 e. The predicted molar refractivity (Wildman–Crippen MR) is 105 cm³/mol. The molecule has 0 saturated carbocycles. The molecule has 148 valence electrons. The summed E-state index contributed by atoms with van der Waals surface area (Å²) in [5.41, 5.74) is 6.64. The van der Waals surface area contributed by atoms with Gasteiger partial charge in [0.2, 0.25) is 11.9 Å². The molecule has 2 aromatic rings. The van der Waals surface area contributed by atoms with Crippen molar-refractivity contribution in [1.29, 1.82) is 0 Å². The Morgan fingerprint density at radius 3 is 2.39 bits per heavy atom. The van der Waals surface area contributed by atoms with Gasteiger partial charge in [0, 0.05) is 44.8 Å². The molecule has 0 spiro atoms. The summed E-state index contributed by atoms with van der Waals surface area (Å²) in [7, 11) is 0. The highest BCUT2D eigenvalue weighted by Gasteiger charge is 2.23. The van der Waals surface area contributed by atoms with Crippen LogP contribution in [-0.4, -0.2) is 83.1 Å². The number of nitrogens with two attached hydrogens (primary N) is 1. The van der Waals surface area contributed by atoms with Crippen molar-refractivity contribution in [3.63, 3.8) is 0 Å². The van der Waals surface area contributed by atoms with Crippen LogP contribution in [0.1, 0.15) is 16.2 Å². The minimum absolute atomic E-state index is 0.0826. The zero-order valence-electron chi connectivity index (χ0n) is 15.8. The fourth-order valence-corrected chi connectivity index (χ4v) is 3.47. The van der Waals surface area contributed by atoms with Crippen molar-refractivity contribution in [2.45, 2.75) is 6.54 Å². The van der Waals surface area contributed by atoms with Crippen LogP contribution in [0.15, 0.2) is 30.3 Å². The van der Waals surface area contributed by atoms with Crippen molar-refractivity contribution in [3.8, 4) is 0 Å². The van der Waals surface area contributed by atoms with Crippen LogP contribution < -0.4 is 10.6 Å². The number of ether oxygens (including phenoxy) is 1. The summed E-state index contributed by atoms with van der Waals surface area (Å²) in [6, 6.07) is 9.41. The van der Waals surface area contributed by atoms with E-state index >= 15 is 0 Å². The number of morpholine rings is 1. The zero-order valence-corrected chi connectivity index (χ0v) is 15.8. The number of piperazine rings is 1. The van der Waals surface area contributed by atoms with E-state index in [9.17, 15) is 4.79 Å². The third kappa shape index (κ3) is 4.37. The molecule has 9 nitrogen and oxygen atoms in total. The van der Waals surface area contributed by atoms with Gasteiger partial charge in [0.1, 0.15) is 5.82 Å². The van der Waals surface area contributed by atoms with E-state index in [2.05, 4.69) is 24.8 Å². The lowest BCUT2D eigenvalue weighted by molar-refractivity contribution is 0.0625. The Labute approximate surface area is 164 Å². The number of carbonyl (C=O) groups is 1. The van der Waals surface area contributed by atoms with E-state index in [4.69, 9.17) is 10.5 Å². The van der Waals surface area contributed by atoms with E-state index in [1.165, 1.54) is 0 Å². The second-order valence-corrected chi connectivity index (χ2v) is 6.94. The lowest BCUT2D eigenvalue weighted by Crippen LogP contribution is -2.48. The van der Waals surface area contributed by atoms with Gasteiger partial charge in [-0.2, -0.15) is 15.0 Å². The number of nitrogen functional groups attached to an aromatic ring is 1. The first-order valence-electron chi connectivity index (χ1n) is 9.59. The van der Waals surface area contributed by atoms with Crippen LogP contribution in [0.5, 0.6) is 0 Å². The summed E-state index contributed by atoms with van der Waals surface area (Å²) >= 11 is 0. The summed E-state index contributed by atoms with van der Waals surface area (Å²) in [4.78, 5) is 32.0. The molecule has 1 aromatic carbocycles. The number of hydrogen-bond donors (Lipinski definition) is 1. The Hall–Kier alpha value is -2.78. The molecule has 2 fully saturated rings. The lowest BCUT2D eigenvalue weighted by Gasteiger charge is -2.34. The summed E-state index contributed by atoms with van der Waals surface area (Å²) in [6.07, 6.45) is 0. The number of nitrogens with zero attached hydrogens (tertiary/aromatic N) is 6. The average molecular weight is 383 g/mol. The second-order valence-electron chi connectivity index (χ2n) is 6.94. The van der Waals surface area contributed by atoms with E-state index < -0.39 is 0 Å². The van der Waals surface area contributed by atoms with Gasteiger partial charge in [0.15, 0.2) is 0 Å². The van der Waals surface area contributed by atoms with Crippen LogP contribution in [0.3, 0.4) is 0 Å². The number of carbonyl (C=O) groups excluding carboxylic acids is 1. The Morgan fingerprint density at radius 1 is 0.964 bits per heavy atom. The van der Waals surface area contributed by atoms with Crippen molar-refractivity contribution in [2.75, 3.05) is 63.1 Å². The topological polar surface area (TPSA) is 101 Å². The molecule has 0 bridgehead atoms. The van der Waals surface area contributed by atoms with Gasteiger partial charge in [-0.25, -0.2) is 0 Å². The standard InChI is InChI=1S/C19H25N7O2/c20-18-21-16(22-19(23-18)26-10-12-28-13-11-26)14-24-6-8-25(9-7-24)17(27)15-4-2-1-3-5-15/h1-5H,6-14H2,(H2,20,21,22,23). The van der Waals surface area contributed by atoms with E-state index in [1.807, 2.05) is 35.2 Å². The maximum Gasteiger partial charge on any atom is 0.253 e. The molecular weight excluding hydrogens is 358 g/mol. The lowest BCUT2D eigenvalue weighted by atomic mass is 10.2. The molecule has 2 aliphatic rings. The average Bonchev–Trinajstić information content (AvgIpc) is 2.75. The maximum atomic E-state index is 12.6. The zero-order chi connectivity index (χ0) is 19.3. The van der Waals surface area contributed by atoms with Gasteiger partial charge < -0.3 is 20.3 Å². The first-order valence-corrected chi connectivity index (χ1v) is 9.59. The van der Waals surface area contributed by atoms with Crippen LogP contribution >= 0.6 is 0 Å². The fourth-order valence-electron chi connectivity index (χ4n) is 3.47. The highest BCUT2D eigenvalue weighted by Crippen LogP contribution is 2.14. The first kappa shape index (κ1) is 18.6. The van der Waals surface area contributed by atoms with Crippen molar-refractivity contribution < 1.29 is 9.53 Å².